The van der Waals surface area contributed by atoms with Crippen molar-refractivity contribution in [2.45, 2.75) is 56.3 Å². The second-order valence-corrected chi connectivity index (χ2v) is 10.1. The first-order valence-electron chi connectivity index (χ1n) is 12.4. The fourth-order valence-corrected chi connectivity index (χ4v) is 4.36. The van der Waals surface area contributed by atoms with Crippen LogP contribution in [0.25, 0.3) is 10.9 Å². The summed E-state index contributed by atoms with van der Waals surface area (Å²) >= 11 is 1.38. The van der Waals surface area contributed by atoms with Crippen LogP contribution in [0.1, 0.15) is 31.2 Å². The monoisotopic (exact) mass is 578 g/mol. The van der Waals surface area contributed by atoms with Gasteiger partial charge in [0.15, 0.2) is 0 Å². The number of thioether (sulfide) groups is 1. The molecule has 0 aliphatic rings. The summed E-state index contributed by atoms with van der Waals surface area (Å²) in [5, 5.41) is 26.7. The van der Waals surface area contributed by atoms with Gasteiger partial charge in [0.1, 0.15) is 18.1 Å². The van der Waals surface area contributed by atoms with Crippen molar-refractivity contribution in [3.05, 3.63) is 36.0 Å². The van der Waals surface area contributed by atoms with Gasteiger partial charge < -0.3 is 42.6 Å². The van der Waals surface area contributed by atoms with E-state index in [0.717, 1.165) is 10.9 Å². The minimum absolute atomic E-state index is 0.0520. The minimum atomic E-state index is -1.42. The number of fused-ring (bicyclic) bond motifs is 1. The normalized spacial score (nSPS) is 13.9. The largest absolute Gasteiger partial charge is 0.481 e. The first-order valence-corrected chi connectivity index (χ1v) is 13.8. The summed E-state index contributed by atoms with van der Waals surface area (Å²) < 4.78 is 0. The molecule has 0 spiro atoms. The maximum atomic E-state index is 13.4. The van der Waals surface area contributed by atoms with E-state index >= 15 is 0 Å². The standard InChI is InChI=1S/C25H34N6O8S/c1-40-9-8-18(25(38)39)30-23(36)17(6-7-21(33)34)29-24(37)19(31-22(35)15(26)11-20(27)32)10-13-12-28-16-5-3-2-4-14(13)16/h2-5,12,15,17-19,28H,6-11,26H2,1H3,(H2,27,32)(H,29,37)(H,30,36)(H,31,35)(H,33,34)(H,38,39). The average Bonchev–Trinajstić information content (AvgIpc) is 3.30. The van der Waals surface area contributed by atoms with Crippen molar-refractivity contribution in [1.82, 2.24) is 20.9 Å². The lowest BCUT2D eigenvalue weighted by Crippen LogP contribution is -2.58. The number of carbonyl (C=O) groups excluding carboxylic acids is 4. The average molecular weight is 579 g/mol. The van der Waals surface area contributed by atoms with E-state index in [-0.39, 0.29) is 19.3 Å². The van der Waals surface area contributed by atoms with Gasteiger partial charge in [-0.2, -0.15) is 11.8 Å². The van der Waals surface area contributed by atoms with Gasteiger partial charge in [-0.05, 0) is 36.5 Å². The van der Waals surface area contributed by atoms with Gasteiger partial charge in [0, 0.05) is 29.9 Å². The zero-order valence-electron chi connectivity index (χ0n) is 21.8. The fraction of sp³-hybridized carbons (Fsp3) is 0.440. The maximum Gasteiger partial charge on any atom is 0.326 e. The zero-order chi connectivity index (χ0) is 29.8. The van der Waals surface area contributed by atoms with Crippen molar-refractivity contribution in [3.8, 4) is 0 Å². The molecule has 15 heteroatoms. The van der Waals surface area contributed by atoms with Crippen LogP contribution >= 0.6 is 11.8 Å². The number of primary amides is 1. The second kappa shape index (κ2) is 15.5. The number of aromatic amines is 1. The number of hydrogen-bond acceptors (Lipinski definition) is 8. The molecule has 0 aliphatic heterocycles. The molecule has 4 amide bonds. The first-order chi connectivity index (χ1) is 18.9. The molecule has 0 saturated carbocycles. The van der Waals surface area contributed by atoms with E-state index in [9.17, 15) is 33.9 Å². The fourth-order valence-electron chi connectivity index (χ4n) is 3.89. The zero-order valence-corrected chi connectivity index (χ0v) is 22.7. The number of hydrogen-bond donors (Lipinski definition) is 8. The molecule has 4 unspecified atom stereocenters. The van der Waals surface area contributed by atoms with Crippen molar-refractivity contribution >= 4 is 58.2 Å². The number of benzene rings is 1. The van der Waals surface area contributed by atoms with Crippen LogP contribution in [0.4, 0.5) is 0 Å². The summed E-state index contributed by atoms with van der Waals surface area (Å²) in [6, 6.07) is 1.93. The van der Waals surface area contributed by atoms with Crippen LogP contribution in [-0.2, 0) is 35.2 Å². The Kier molecular flexibility index (Phi) is 12.4. The lowest BCUT2D eigenvalue weighted by molar-refractivity contribution is -0.143. The molecule has 0 bridgehead atoms. The van der Waals surface area contributed by atoms with Crippen molar-refractivity contribution in [1.29, 1.82) is 0 Å². The van der Waals surface area contributed by atoms with E-state index < -0.39 is 72.6 Å². The highest BCUT2D eigenvalue weighted by Crippen LogP contribution is 2.19. The molecule has 0 saturated heterocycles. The predicted molar refractivity (Wildman–Crippen MR) is 147 cm³/mol. The molecule has 1 aromatic heterocycles. The summed E-state index contributed by atoms with van der Waals surface area (Å²) in [6.07, 6.45) is 2.18. The Morgan fingerprint density at radius 1 is 0.925 bits per heavy atom. The van der Waals surface area contributed by atoms with Crippen LogP contribution in [0.3, 0.4) is 0 Å². The summed E-state index contributed by atoms with van der Waals surface area (Å²) in [4.78, 5) is 76.2. The van der Waals surface area contributed by atoms with Crippen molar-refractivity contribution in [2.75, 3.05) is 12.0 Å². The lowest BCUT2D eigenvalue weighted by atomic mass is 10.0. The Bertz CT molecular complexity index is 1230. The topological polar surface area (TPSA) is 247 Å². The number of rotatable bonds is 17. The van der Waals surface area contributed by atoms with Crippen LogP contribution in [-0.4, -0.2) is 86.9 Å². The van der Waals surface area contributed by atoms with E-state index in [1.54, 1.807) is 24.6 Å². The van der Waals surface area contributed by atoms with Gasteiger partial charge in [-0.3, -0.25) is 24.0 Å². The Morgan fingerprint density at radius 2 is 1.55 bits per heavy atom. The predicted octanol–water partition coefficient (Wildman–Crippen LogP) is -0.930. The number of aromatic nitrogens is 1. The molecule has 0 fully saturated rings. The van der Waals surface area contributed by atoms with Gasteiger partial charge in [0.05, 0.1) is 12.5 Å². The number of H-pyrrole nitrogens is 1. The summed E-state index contributed by atoms with van der Waals surface area (Å²) in [7, 11) is 0. The van der Waals surface area contributed by atoms with Gasteiger partial charge in [-0.15, -0.1) is 0 Å². The number of nitrogens with one attached hydrogen (secondary N) is 4. The molecule has 0 aliphatic carbocycles. The molecule has 2 rings (SSSR count). The Labute approximate surface area is 234 Å². The van der Waals surface area contributed by atoms with Crippen molar-refractivity contribution < 1.29 is 39.0 Å². The highest BCUT2D eigenvalue weighted by Gasteiger charge is 2.31. The number of aliphatic carboxylic acids is 2. The number of para-hydroxylation sites is 1. The van der Waals surface area contributed by atoms with Crippen LogP contribution in [0, 0.1) is 0 Å². The van der Waals surface area contributed by atoms with Gasteiger partial charge in [0.25, 0.3) is 0 Å². The molecule has 14 nitrogen and oxygen atoms in total. The third-order valence-corrected chi connectivity index (χ3v) is 6.64. The van der Waals surface area contributed by atoms with E-state index in [1.807, 2.05) is 12.1 Å². The molecule has 218 valence electrons. The summed E-state index contributed by atoms with van der Waals surface area (Å²) in [5.74, 6) is -5.46. The van der Waals surface area contributed by atoms with E-state index in [0.29, 0.717) is 11.3 Å². The number of carbonyl (C=O) groups is 6. The van der Waals surface area contributed by atoms with Crippen LogP contribution < -0.4 is 27.4 Å². The quantitative estimate of drug-likeness (QED) is 0.114. The third kappa shape index (κ3) is 9.89. The second-order valence-electron chi connectivity index (χ2n) is 9.08. The van der Waals surface area contributed by atoms with Crippen LogP contribution in [0.15, 0.2) is 30.5 Å². The Morgan fingerprint density at radius 3 is 2.17 bits per heavy atom. The molecule has 10 N–H and O–H groups in total. The van der Waals surface area contributed by atoms with Gasteiger partial charge in [0.2, 0.25) is 23.6 Å². The first kappa shape index (κ1) is 32.1. The number of nitrogens with two attached hydrogens (primary N) is 2. The molecule has 40 heavy (non-hydrogen) atoms. The van der Waals surface area contributed by atoms with Crippen LogP contribution in [0.5, 0.6) is 0 Å². The lowest BCUT2D eigenvalue weighted by Gasteiger charge is -2.25. The molecule has 1 aromatic carbocycles. The van der Waals surface area contributed by atoms with Gasteiger partial charge >= 0.3 is 11.9 Å². The molecule has 2 aromatic rings. The highest BCUT2D eigenvalue weighted by atomic mass is 32.2. The molecule has 1 heterocycles. The molecular weight excluding hydrogens is 544 g/mol. The summed E-state index contributed by atoms with van der Waals surface area (Å²) in [6.45, 7) is 0. The SMILES string of the molecule is CSCCC(NC(=O)C(CCC(=O)O)NC(=O)C(Cc1c[nH]c2ccccc12)NC(=O)C(N)CC(N)=O)C(=O)O. The number of carboxylic acid groups (broad SMARTS) is 2. The number of carboxylic acids is 2. The van der Waals surface area contributed by atoms with Crippen LogP contribution in [0.2, 0.25) is 0 Å². The summed E-state index contributed by atoms with van der Waals surface area (Å²) in [5.41, 5.74) is 12.3. The minimum Gasteiger partial charge on any atom is -0.481 e. The molecule has 4 atom stereocenters. The van der Waals surface area contributed by atoms with E-state index in [1.165, 1.54) is 11.8 Å². The van der Waals surface area contributed by atoms with Gasteiger partial charge in [-0.25, -0.2) is 4.79 Å². The maximum absolute atomic E-state index is 13.4. The third-order valence-electron chi connectivity index (χ3n) is 5.99. The number of amides is 4. The molecule has 0 radical (unpaired) electrons. The van der Waals surface area contributed by atoms with Crippen molar-refractivity contribution in [3.63, 3.8) is 0 Å². The van der Waals surface area contributed by atoms with Gasteiger partial charge in [-0.1, -0.05) is 18.2 Å². The Balaban J connectivity index is 2.31. The highest BCUT2D eigenvalue weighted by molar-refractivity contribution is 7.98. The Hall–Kier alpha value is -4.11. The van der Waals surface area contributed by atoms with Crippen molar-refractivity contribution in [2.24, 2.45) is 11.5 Å². The van der Waals surface area contributed by atoms with E-state index in [4.69, 9.17) is 16.6 Å². The van der Waals surface area contributed by atoms with E-state index in [2.05, 4.69) is 20.9 Å². The molecular formula is C25H34N6O8S. The smallest absolute Gasteiger partial charge is 0.326 e.